The minimum atomic E-state index is -4.69. The summed E-state index contributed by atoms with van der Waals surface area (Å²) in [6.07, 6.45) is 2.65. The number of benzene rings is 2. The van der Waals surface area contributed by atoms with Crippen LogP contribution >= 0.6 is 0 Å². The van der Waals surface area contributed by atoms with Crippen LogP contribution in [0.4, 0.5) is 28.4 Å². The molecule has 0 radical (unpaired) electrons. The second-order valence-corrected chi connectivity index (χ2v) is 11.8. The molecule has 3 N–H and O–H groups in total. The van der Waals surface area contributed by atoms with Crippen LogP contribution in [0, 0.1) is 0 Å². The maximum atomic E-state index is 13.6. The van der Waals surface area contributed by atoms with Gasteiger partial charge in [0.25, 0.3) is 5.56 Å². The molecule has 4 heterocycles. The van der Waals surface area contributed by atoms with Crippen LogP contribution < -0.4 is 16.2 Å². The van der Waals surface area contributed by atoms with Crippen molar-refractivity contribution in [1.29, 1.82) is 0 Å². The van der Waals surface area contributed by atoms with E-state index >= 15 is 0 Å². The Bertz CT molecular complexity index is 2020. The Hall–Kier alpha value is -5.73. The number of rotatable bonds is 11. The maximum Gasteiger partial charge on any atom is 0.408 e. The molecule has 254 valence electrons. The fraction of sp³-hybridized carbons (Fsp3) is 0.294. The number of anilines is 1. The van der Waals surface area contributed by atoms with Crippen LogP contribution in [0.3, 0.4) is 0 Å². The highest BCUT2D eigenvalue weighted by atomic mass is 19.4. The number of nitrogens with zero attached hydrogens (tertiary/aromatic N) is 6. The van der Waals surface area contributed by atoms with Crippen LogP contribution in [0.5, 0.6) is 0 Å². The van der Waals surface area contributed by atoms with Gasteiger partial charge >= 0.3 is 18.3 Å². The van der Waals surface area contributed by atoms with Gasteiger partial charge in [0.2, 0.25) is 0 Å². The largest absolute Gasteiger partial charge is 0.465 e. The van der Waals surface area contributed by atoms with Gasteiger partial charge in [0, 0.05) is 61.4 Å². The van der Waals surface area contributed by atoms with E-state index in [0.717, 1.165) is 36.8 Å². The summed E-state index contributed by atoms with van der Waals surface area (Å²) in [4.78, 5) is 42.7. The van der Waals surface area contributed by atoms with Crippen molar-refractivity contribution in [1.82, 2.24) is 34.8 Å². The van der Waals surface area contributed by atoms with Gasteiger partial charge in [0.15, 0.2) is 0 Å². The zero-order valence-corrected chi connectivity index (χ0v) is 26.3. The summed E-state index contributed by atoms with van der Waals surface area (Å²) in [6.45, 7) is 0.281. The summed E-state index contributed by atoms with van der Waals surface area (Å²) in [6, 6.07) is 14.7. The molecular weight excluding hydrogens is 641 g/mol. The molecule has 6 rings (SSSR count). The number of nitrogens with one attached hydrogen (secondary N) is 2. The predicted molar refractivity (Wildman–Crippen MR) is 176 cm³/mol. The summed E-state index contributed by atoms with van der Waals surface area (Å²) in [7, 11) is 0. The van der Waals surface area contributed by atoms with Gasteiger partial charge in [0.05, 0.1) is 16.8 Å². The number of carbonyl (C=O) groups is 2. The van der Waals surface area contributed by atoms with Gasteiger partial charge in [-0.25, -0.2) is 14.3 Å². The molecule has 49 heavy (non-hydrogen) atoms. The first-order chi connectivity index (χ1) is 23.5. The molecule has 3 aromatic heterocycles. The van der Waals surface area contributed by atoms with Gasteiger partial charge in [-0.2, -0.15) is 23.4 Å². The van der Waals surface area contributed by atoms with E-state index in [2.05, 4.69) is 25.8 Å². The number of amides is 3. The molecule has 0 spiro atoms. The normalized spacial score (nSPS) is 12.7. The van der Waals surface area contributed by atoms with E-state index in [1.54, 1.807) is 70.6 Å². The van der Waals surface area contributed by atoms with Crippen molar-refractivity contribution >= 4 is 28.7 Å². The molecule has 5 aromatic rings. The number of carboxylic acid groups (broad SMARTS) is 1. The number of hydrogen-bond donors (Lipinski definition) is 3. The second-order valence-electron chi connectivity index (χ2n) is 11.8. The van der Waals surface area contributed by atoms with Gasteiger partial charge in [-0.3, -0.25) is 14.5 Å². The van der Waals surface area contributed by atoms with Gasteiger partial charge in [-0.05, 0) is 59.9 Å². The third kappa shape index (κ3) is 8.05. The van der Waals surface area contributed by atoms with E-state index in [4.69, 9.17) is 5.11 Å². The Balaban J connectivity index is 1.22. The Labute approximate surface area is 278 Å². The van der Waals surface area contributed by atoms with Crippen LogP contribution in [-0.4, -0.2) is 59.4 Å². The quantitative estimate of drug-likeness (QED) is 0.140. The molecule has 0 bridgehead atoms. The SMILES string of the molecule is O=C(O)NCCCCCCn1cc2c(-c3cc(-c4ccc(NC(=O)N5Cc6ccncc6C5)cc4)nn(CC(F)(F)F)c3=O)cccc2n1. The number of hydrogen-bond acceptors (Lipinski definition) is 6. The molecule has 0 saturated heterocycles. The molecule has 0 unspecified atom stereocenters. The topological polar surface area (TPSA) is 147 Å². The number of aryl methyl sites for hydroxylation is 1. The lowest BCUT2D eigenvalue weighted by molar-refractivity contribution is -0.143. The van der Waals surface area contributed by atoms with E-state index < -0.39 is 24.4 Å². The van der Waals surface area contributed by atoms with Crippen molar-refractivity contribution in [3.05, 3.63) is 94.7 Å². The van der Waals surface area contributed by atoms with Crippen molar-refractivity contribution in [2.45, 2.75) is 58.0 Å². The highest BCUT2D eigenvalue weighted by Gasteiger charge is 2.30. The number of halogens is 3. The molecular formula is C34H33F3N8O4. The summed E-state index contributed by atoms with van der Waals surface area (Å²) in [5.41, 5.74) is 3.27. The van der Waals surface area contributed by atoms with Crippen LogP contribution in [0.1, 0.15) is 36.8 Å². The lowest BCUT2D eigenvalue weighted by Gasteiger charge is -2.17. The Morgan fingerprint density at radius 1 is 0.918 bits per heavy atom. The number of pyridine rings is 1. The molecule has 0 atom stereocenters. The van der Waals surface area contributed by atoms with E-state index in [-0.39, 0.29) is 17.3 Å². The monoisotopic (exact) mass is 674 g/mol. The Morgan fingerprint density at radius 3 is 2.45 bits per heavy atom. The van der Waals surface area contributed by atoms with E-state index in [1.165, 1.54) is 6.07 Å². The van der Waals surface area contributed by atoms with Crippen LogP contribution in [0.2, 0.25) is 0 Å². The smallest absolute Gasteiger partial charge is 0.408 e. The van der Waals surface area contributed by atoms with Crippen LogP contribution in [0.15, 0.2) is 78.0 Å². The minimum Gasteiger partial charge on any atom is -0.465 e. The molecule has 2 aromatic carbocycles. The molecule has 1 aliphatic heterocycles. The third-order valence-corrected chi connectivity index (χ3v) is 8.23. The third-order valence-electron chi connectivity index (χ3n) is 8.23. The fourth-order valence-electron chi connectivity index (χ4n) is 5.83. The number of alkyl halides is 3. The zero-order valence-electron chi connectivity index (χ0n) is 26.3. The molecule has 15 heteroatoms. The van der Waals surface area contributed by atoms with Gasteiger partial charge < -0.3 is 20.6 Å². The van der Waals surface area contributed by atoms with E-state index in [0.29, 0.717) is 58.6 Å². The van der Waals surface area contributed by atoms with Crippen molar-refractivity contribution in [3.63, 3.8) is 0 Å². The Kier molecular flexibility index (Phi) is 9.60. The van der Waals surface area contributed by atoms with Crippen molar-refractivity contribution in [2.75, 3.05) is 11.9 Å². The first-order valence-electron chi connectivity index (χ1n) is 15.7. The van der Waals surface area contributed by atoms with Crippen LogP contribution in [0.25, 0.3) is 33.3 Å². The van der Waals surface area contributed by atoms with Gasteiger partial charge in [-0.1, -0.05) is 37.1 Å². The van der Waals surface area contributed by atoms with Gasteiger partial charge in [-0.15, -0.1) is 0 Å². The fourth-order valence-corrected chi connectivity index (χ4v) is 5.83. The van der Waals surface area contributed by atoms with Crippen molar-refractivity contribution in [2.24, 2.45) is 0 Å². The van der Waals surface area contributed by atoms with Crippen molar-refractivity contribution in [3.8, 4) is 22.4 Å². The first-order valence-corrected chi connectivity index (χ1v) is 15.7. The molecule has 12 nitrogen and oxygen atoms in total. The highest BCUT2D eigenvalue weighted by Crippen LogP contribution is 2.30. The van der Waals surface area contributed by atoms with E-state index in [9.17, 15) is 27.6 Å². The molecule has 3 amide bonds. The number of urea groups is 1. The van der Waals surface area contributed by atoms with E-state index in [1.807, 2.05) is 6.07 Å². The molecule has 0 aliphatic carbocycles. The number of unbranched alkanes of at least 4 members (excludes halogenated alkanes) is 3. The predicted octanol–water partition coefficient (Wildman–Crippen LogP) is 6.26. The number of aromatic nitrogens is 5. The second kappa shape index (κ2) is 14.2. The van der Waals surface area contributed by atoms with Crippen LogP contribution in [-0.2, 0) is 26.2 Å². The van der Waals surface area contributed by atoms with Crippen molar-refractivity contribution < 1.29 is 27.9 Å². The molecule has 0 saturated carbocycles. The summed E-state index contributed by atoms with van der Waals surface area (Å²) in [5.74, 6) is 0. The summed E-state index contributed by atoms with van der Waals surface area (Å²) < 4.78 is 43.0. The average molecular weight is 675 g/mol. The molecule has 0 fully saturated rings. The summed E-state index contributed by atoms with van der Waals surface area (Å²) >= 11 is 0. The lowest BCUT2D eigenvalue weighted by Crippen LogP contribution is -2.31. The standard InChI is InChI=1S/C34H33F3N8O4/c35-34(36,37)21-45-31(46)27(26-6-5-7-29-28(26)20-44(41-29)15-4-2-1-3-13-39-33(48)49)16-30(42-45)22-8-10-25(11-9-22)40-32(47)43-18-23-12-14-38-17-24(23)19-43/h5-12,14,16-17,20,39H,1-4,13,15,18-19,21H2,(H,40,47)(H,48,49). The summed E-state index contributed by atoms with van der Waals surface area (Å²) in [5, 5.41) is 23.2. The first kappa shape index (κ1) is 33.2. The highest BCUT2D eigenvalue weighted by molar-refractivity contribution is 5.95. The lowest BCUT2D eigenvalue weighted by atomic mass is 10.0. The maximum absolute atomic E-state index is 13.6. The van der Waals surface area contributed by atoms with Gasteiger partial charge in [0.1, 0.15) is 6.54 Å². The zero-order chi connectivity index (χ0) is 34.5. The number of fused-ring (bicyclic) bond motifs is 2. The molecule has 1 aliphatic rings. The Morgan fingerprint density at radius 2 is 1.69 bits per heavy atom. The minimum absolute atomic E-state index is 0.0470. The average Bonchev–Trinajstić information content (AvgIpc) is 3.69. The number of carbonyl (C=O) groups excluding carboxylic acids is 1.